The molecule has 3 N–H and O–H groups in total. The Morgan fingerprint density at radius 1 is 0.857 bits per heavy atom. The first kappa shape index (κ1) is 13.2. The van der Waals surface area contributed by atoms with Crippen LogP contribution in [0.1, 0.15) is 11.6 Å². The molecule has 1 unspecified atom stereocenters. The number of carbonyl (C=O) groups is 1. The number of carbonyl (C=O) groups excluding carboxylic acids is 1. The standard InChI is InChI=1S/C18H16N2O/c19-18(21)17(20-14-9-2-1-3-10-14)16-12-6-8-13-7-4-5-11-15(13)16/h1-12,17,20H,(H2,19,21). The molecule has 0 heterocycles. The maximum atomic E-state index is 11.9. The van der Waals surface area contributed by atoms with Gasteiger partial charge in [0.25, 0.3) is 0 Å². The fraction of sp³-hybridized carbons (Fsp3) is 0.0556. The van der Waals surface area contributed by atoms with Gasteiger partial charge in [0.05, 0.1) is 0 Å². The minimum atomic E-state index is -0.557. The molecule has 0 bridgehead atoms. The largest absolute Gasteiger partial charge is 0.370 e. The number of anilines is 1. The van der Waals surface area contributed by atoms with E-state index < -0.39 is 11.9 Å². The van der Waals surface area contributed by atoms with Gasteiger partial charge in [-0.15, -0.1) is 0 Å². The number of fused-ring (bicyclic) bond motifs is 1. The van der Waals surface area contributed by atoms with Crippen molar-refractivity contribution in [1.82, 2.24) is 0 Å². The molecule has 0 spiro atoms. The van der Waals surface area contributed by atoms with Crippen LogP contribution in [0, 0.1) is 0 Å². The zero-order valence-corrected chi connectivity index (χ0v) is 11.5. The smallest absolute Gasteiger partial charge is 0.244 e. The molecule has 0 aromatic heterocycles. The van der Waals surface area contributed by atoms with Crippen molar-refractivity contribution in [3.05, 3.63) is 78.4 Å². The Balaban J connectivity index is 2.06. The highest BCUT2D eigenvalue weighted by molar-refractivity contribution is 5.93. The molecule has 3 heteroatoms. The normalized spacial score (nSPS) is 12.0. The summed E-state index contributed by atoms with van der Waals surface area (Å²) in [5.41, 5.74) is 7.37. The number of hydrogen-bond acceptors (Lipinski definition) is 2. The maximum absolute atomic E-state index is 11.9. The molecule has 0 saturated carbocycles. The second kappa shape index (κ2) is 5.67. The molecular weight excluding hydrogens is 260 g/mol. The number of amides is 1. The van der Waals surface area contributed by atoms with Crippen LogP contribution in [-0.2, 0) is 4.79 Å². The van der Waals surface area contributed by atoms with Gasteiger partial charge in [0.1, 0.15) is 6.04 Å². The molecule has 3 nitrogen and oxygen atoms in total. The molecule has 21 heavy (non-hydrogen) atoms. The Bertz CT molecular complexity index is 763. The van der Waals surface area contributed by atoms with Crippen molar-refractivity contribution in [3.8, 4) is 0 Å². The predicted molar refractivity (Wildman–Crippen MR) is 85.9 cm³/mol. The molecule has 0 fully saturated rings. The van der Waals surface area contributed by atoms with Gasteiger partial charge in [0.2, 0.25) is 5.91 Å². The zero-order chi connectivity index (χ0) is 14.7. The Morgan fingerprint density at radius 3 is 2.29 bits per heavy atom. The van der Waals surface area contributed by atoms with Crippen LogP contribution in [-0.4, -0.2) is 5.91 Å². The second-order valence-electron chi connectivity index (χ2n) is 4.91. The molecule has 3 aromatic carbocycles. The third-order valence-corrected chi connectivity index (χ3v) is 3.50. The van der Waals surface area contributed by atoms with Crippen LogP contribution in [0.3, 0.4) is 0 Å². The van der Waals surface area contributed by atoms with Crippen LogP contribution >= 0.6 is 0 Å². The Hall–Kier alpha value is -2.81. The lowest BCUT2D eigenvalue weighted by Crippen LogP contribution is -2.27. The van der Waals surface area contributed by atoms with E-state index in [9.17, 15) is 4.79 Å². The van der Waals surface area contributed by atoms with Crippen molar-refractivity contribution in [3.63, 3.8) is 0 Å². The van der Waals surface area contributed by atoms with E-state index in [1.54, 1.807) is 0 Å². The van der Waals surface area contributed by atoms with Crippen molar-refractivity contribution in [2.45, 2.75) is 6.04 Å². The first-order valence-corrected chi connectivity index (χ1v) is 6.84. The van der Waals surface area contributed by atoms with E-state index in [0.717, 1.165) is 22.0 Å². The Morgan fingerprint density at radius 2 is 1.52 bits per heavy atom. The third-order valence-electron chi connectivity index (χ3n) is 3.50. The summed E-state index contributed by atoms with van der Waals surface area (Å²) in [7, 11) is 0. The molecule has 0 radical (unpaired) electrons. The van der Waals surface area contributed by atoms with E-state index in [-0.39, 0.29) is 0 Å². The van der Waals surface area contributed by atoms with Crippen molar-refractivity contribution < 1.29 is 4.79 Å². The SMILES string of the molecule is NC(=O)C(Nc1ccccc1)c1cccc2ccccc12. The van der Waals surface area contributed by atoms with Gasteiger partial charge in [-0.3, -0.25) is 4.79 Å². The van der Waals surface area contributed by atoms with Gasteiger partial charge < -0.3 is 11.1 Å². The van der Waals surface area contributed by atoms with Crippen molar-refractivity contribution in [2.75, 3.05) is 5.32 Å². The van der Waals surface area contributed by atoms with E-state index in [0.29, 0.717) is 0 Å². The van der Waals surface area contributed by atoms with E-state index >= 15 is 0 Å². The summed E-state index contributed by atoms with van der Waals surface area (Å²) in [6.07, 6.45) is 0. The molecule has 1 amide bonds. The topological polar surface area (TPSA) is 55.1 Å². The molecular formula is C18H16N2O. The average Bonchev–Trinajstić information content (AvgIpc) is 2.53. The molecule has 3 aromatic rings. The second-order valence-corrected chi connectivity index (χ2v) is 4.91. The quantitative estimate of drug-likeness (QED) is 0.766. The number of benzene rings is 3. The first-order chi connectivity index (χ1) is 10.3. The van der Waals surface area contributed by atoms with Crippen LogP contribution in [0.4, 0.5) is 5.69 Å². The summed E-state index contributed by atoms with van der Waals surface area (Å²) in [5, 5.41) is 5.34. The van der Waals surface area contributed by atoms with Crippen molar-refractivity contribution in [2.24, 2.45) is 5.73 Å². The summed E-state index contributed by atoms with van der Waals surface area (Å²) in [5.74, 6) is -0.393. The number of hydrogen-bond donors (Lipinski definition) is 2. The van der Waals surface area contributed by atoms with Gasteiger partial charge in [0, 0.05) is 5.69 Å². The van der Waals surface area contributed by atoms with E-state index in [1.807, 2.05) is 72.8 Å². The highest BCUT2D eigenvalue weighted by atomic mass is 16.1. The lowest BCUT2D eigenvalue weighted by atomic mass is 9.98. The molecule has 104 valence electrons. The van der Waals surface area contributed by atoms with Gasteiger partial charge >= 0.3 is 0 Å². The van der Waals surface area contributed by atoms with Crippen LogP contribution in [0.15, 0.2) is 72.8 Å². The minimum Gasteiger partial charge on any atom is -0.370 e. The number of para-hydroxylation sites is 1. The average molecular weight is 276 g/mol. The summed E-state index contributed by atoms with van der Waals surface area (Å²) in [6, 6.07) is 22.9. The molecule has 0 aliphatic heterocycles. The minimum absolute atomic E-state index is 0.393. The van der Waals surface area contributed by atoms with Crippen molar-refractivity contribution >= 4 is 22.4 Å². The summed E-state index contributed by atoms with van der Waals surface area (Å²) >= 11 is 0. The number of primary amides is 1. The van der Waals surface area contributed by atoms with E-state index in [2.05, 4.69) is 5.32 Å². The highest BCUT2D eigenvalue weighted by Crippen LogP contribution is 2.26. The number of nitrogens with two attached hydrogens (primary N) is 1. The first-order valence-electron chi connectivity index (χ1n) is 6.84. The van der Waals surface area contributed by atoms with Crippen LogP contribution in [0.5, 0.6) is 0 Å². The fourth-order valence-electron chi connectivity index (χ4n) is 2.51. The fourth-order valence-corrected chi connectivity index (χ4v) is 2.51. The highest BCUT2D eigenvalue weighted by Gasteiger charge is 2.19. The number of nitrogens with one attached hydrogen (secondary N) is 1. The van der Waals surface area contributed by atoms with Crippen LogP contribution in [0.25, 0.3) is 10.8 Å². The predicted octanol–water partition coefficient (Wildman–Crippen LogP) is 3.48. The van der Waals surface area contributed by atoms with Gasteiger partial charge in [0.15, 0.2) is 0 Å². The molecule has 0 saturated heterocycles. The maximum Gasteiger partial charge on any atom is 0.244 e. The summed E-state index contributed by atoms with van der Waals surface area (Å²) < 4.78 is 0. The van der Waals surface area contributed by atoms with Crippen LogP contribution < -0.4 is 11.1 Å². The number of rotatable bonds is 4. The van der Waals surface area contributed by atoms with Gasteiger partial charge in [-0.05, 0) is 28.5 Å². The van der Waals surface area contributed by atoms with Gasteiger partial charge in [-0.1, -0.05) is 60.7 Å². The molecule has 0 aliphatic carbocycles. The molecule has 0 aliphatic rings. The van der Waals surface area contributed by atoms with E-state index in [1.165, 1.54) is 0 Å². The summed E-state index contributed by atoms with van der Waals surface area (Å²) in [4.78, 5) is 11.9. The monoisotopic (exact) mass is 276 g/mol. The Kier molecular flexibility index (Phi) is 3.56. The third kappa shape index (κ3) is 2.72. The van der Waals surface area contributed by atoms with Crippen LogP contribution in [0.2, 0.25) is 0 Å². The molecule has 3 rings (SSSR count). The Labute approximate surface area is 123 Å². The van der Waals surface area contributed by atoms with Gasteiger partial charge in [-0.2, -0.15) is 0 Å². The lowest BCUT2D eigenvalue weighted by molar-refractivity contribution is -0.118. The summed E-state index contributed by atoms with van der Waals surface area (Å²) in [6.45, 7) is 0. The lowest BCUT2D eigenvalue weighted by Gasteiger charge is -2.19. The van der Waals surface area contributed by atoms with Gasteiger partial charge in [-0.25, -0.2) is 0 Å². The van der Waals surface area contributed by atoms with E-state index in [4.69, 9.17) is 5.73 Å². The zero-order valence-electron chi connectivity index (χ0n) is 11.5. The molecule has 1 atom stereocenters. The van der Waals surface area contributed by atoms with Crippen molar-refractivity contribution in [1.29, 1.82) is 0 Å².